The minimum Gasteiger partial charge on any atom is -0.294 e. The Labute approximate surface area is 296 Å². The van der Waals surface area contributed by atoms with Gasteiger partial charge in [-0.15, -0.1) is 0 Å². The van der Waals surface area contributed by atoms with Gasteiger partial charge in [-0.1, -0.05) is 164 Å². The molecule has 0 aliphatic heterocycles. The molecular weight excluding hydrogens is 617 g/mol. The van der Waals surface area contributed by atoms with Crippen LogP contribution in [0.1, 0.15) is 44.5 Å². The molecule has 2 heterocycles. The van der Waals surface area contributed by atoms with Gasteiger partial charge in [0.2, 0.25) is 0 Å². The molecule has 238 valence electrons. The first-order valence-electron chi connectivity index (χ1n) is 17.7. The topological polar surface area (TPSA) is 17.8 Å². The van der Waals surface area contributed by atoms with Crippen molar-refractivity contribution in [2.75, 3.05) is 0 Å². The number of fused-ring (bicyclic) bond motifs is 3. The van der Waals surface area contributed by atoms with Crippen LogP contribution in [-0.4, -0.2) is 9.55 Å². The normalized spacial score (nSPS) is 18.4. The second-order valence-corrected chi connectivity index (χ2v) is 13.8. The lowest BCUT2D eigenvalue weighted by Crippen LogP contribution is -2.51. The zero-order valence-corrected chi connectivity index (χ0v) is 27.9. The molecule has 0 unspecified atom stereocenters. The van der Waals surface area contributed by atoms with Crippen molar-refractivity contribution in [3.63, 3.8) is 0 Å². The van der Waals surface area contributed by atoms with E-state index in [1.165, 1.54) is 55.3 Å². The van der Waals surface area contributed by atoms with Gasteiger partial charge >= 0.3 is 0 Å². The van der Waals surface area contributed by atoms with Crippen LogP contribution in [-0.2, 0) is 10.8 Å². The molecule has 0 N–H and O–H groups in total. The van der Waals surface area contributed by atoms with E-state index in [1.54, 1.807) is 0 Å². The number of hydrogen-bond donors (Lipinski definition) is 0. The fourth-order valence-corrected chi connectivity index (χ4v) is 9.67. The molecule has 7 aromatic carbocycles. The predicted molar refractivity (Wildman–Crippen MR) is 208 cm³/mol. The average molecular weight is 649 g/mol. The number of nitrogens with zero attached hydrogens (tertiary/aromatic N) is 2. The van der Waals surface area contributed by atoms with Crippen molar-refractivity contribution in [1.82, 2.24) is 9.55 Å². The average Bonchev–Trinajstić information content (AvgIpc) is 3.55. The first kappa shape index (κ1) is 28.3. The number of rotatable bonds is 4. The van der Waals surface area contributed by atoms with Gasteiger partial charge in [-0.25, -0.2) is 4.98 Å². The number of para-hydroxylation sites is 2. The van der Waals surface area contributed by atoms with E-state index in [-0.39, 0.29) is 0 Å². The maximum absolute atomic E-state index is 5.42. The molecule has 2 nitrogen and oxygen atoms in total. The Bertz CT molecular complexity index is 2710. The Hall–Kier alpha value is -6.51. The highest BCUT2D eigenvalue weighted by atomic mass is 15.1. The minimum atomic E-state index is -0.499. The molecule has 0 fully saturated rings. The summed E-state index contributed by atoms with van der Waals surface area (Å²) in [6.45, 7) is 0. The summed E-state index contributed by atoms with van der Waals surface area (Å²) in [5, 5.41) is 2.47. The van der Waals surface area contributed by atoms with E-state index < -0.39 is 10.8 Å². The Morgan fingerprint density at radius 2 is 0.804 bits per heavy atom. The number of hydrogen-bond acceptors (Lipinski definition) is 1. The van der Waals surface area contributed by atoms with Gasteiger partial charge in [0, 0.05) is 16.3 Å². The molecule has 0 spiro atoms. The van der Waals surface area contributed by atoms with Crippen LogP contribution in [0.2, 0.25) is 0 Å². The molecule has 3 aliphatic carbocycles. The van der Waals surface area contributed by atoms with Gasteiger partial charge in [-0.2, -0.15) is 0 Å². The highest BCUT2D eigenvalue weighted by Crippen LogP contribution is 2.66. The summed E-state index contributed by atoms with van der Waals surface area (Å²) in [6.07, 6.45) is 0. The summed E-state index contributed by atoms with van der Waals surface area (Å²) >= 11 is 0. The third-order valence-electron chi connectivity index (χ3n) is 11.6. The maximum atomic E-state index is 5.42. The van der Waals surface area contributed by atoms with E-state index in [0.717, 1.165) is 28.1 Å². The van der Waals surface area contributed by atoms with Crippen LogP contribution in [0.5, 0.6) is 0 Å². The van der Waals surface area contributed by atoms with Crippen LogP contribution in [0, 0.1) is 0 Å². The first-order chi connectivity index (χ1) is 25.3. The van der Waals surface area contributed by atoms with Crippen LogP contribution < -0.4 is 0 Å². The lowest BCUT2D eigenvalue weighted by Gasteiger charge is -2.57. The van der Waals surface area contributed by atoms with E-state index in [2.05, 4.69) is 199 Å². The third-order valence-corrected chi connectivity index (χ3v) is 11.6. The smallest absolute Gasteiger partial charge is 0.138 e. The van der Waals surface area contributed by atoms with Gasteiger partial charge in [0.25, 0.3) is 0 Å². The van der Waals surface area contributed by atoms with E-state index in [0.29, 0.717) is 0 Å². The van der Waals surface area contributed by atoms with Crippen LogP contribution in [0.25, 0.3) is 38.9 Å². The van der Waals surface area contributed by atoms with Crippen molar-refractivity contribution in [3.8, 4) is 17.1 Å². The van der Waals surface area contributed by atoms with Gasteiger partial charge in [0.05, 0.1) is 27.6 Å². The summed E-state index contributed by atoms with van der Waals surface area (Å²) < 4.78 is 2.30. The molecule has 51 heavy (non-hydrogen) atoms. The second-order valence-electron chi connectivity index (χ2n) is 13.8. The Morgan fingerprint density at radius 1 is 0.353 bits per heavy atom. The first-order valence-corrected chi connectivity index (χ1v) is 17.7. The molecule has 0 saturated heterocycles. The fraction of sp³-hybridized carbons (Fsp3) is 0.0408. The Balaban J connectivity index is 1.22. The van der Waals surface area contributed by atoms with Crippen molar-refractivity contribution in [2.24, 2.45) is 0 Å². The summed E-state index contributed by atoms with van der Waals surface area (Å²) in [4.78, 5) is 5.42. The zero-order valence-electron chi connectivity index (χ0n) is 27.9. The molecule has 0 amide bonds. The quantitative estimate of drug-likeness (QED) is 0.186. The summed E-state index contributed by atoms with van der Waals surface area (Å²) in [5.41, 5.74) is 14.0. The van der Waals surface area contributed by atoms with Crippen molar-refractivity contribution in [1.29, 1.82) is 0 Å². The minimum absolute atomic E-state index is 0.461. The summed E-state index contributed by atoms with van der Waals surface area (Å²) in [6, 6.07) is 71.4. The highest BCUT2D eigenvalue weighted by Gasteiger charge is 2.59. The number of aromatic nitrogens is 2. The highest BCUT2D eigenvalue weighted by molar-refractivity contribution is 6.09. The molecule has 3 aliphatic rings. The Kier molecular flexibility index (Phi) is 5.83. The van der Waals surface area contributed by atoms with E-state index in [9.17, 15) is 0 Å². The van der Waals surface area contributed by atoms with E-state index in [4.69, 9.17) is 4.98 Å². The van der Waals surface area contributed by atoms with Crippen molar-refractivity contribution in [3.05, 3.63) is 239 Å². The summed E-state index contributed by atoms with van der Waals surface area (Å²) in [5.74, 6) is 0.915. The van der Waals surface area contributed by atoms with Crippen LogP contribution in [0.15, 0.2) is 194 Å². The van der Waals surface area contributed by atoms with Gasteiger partial charge < -0.3 is 0 Å². The molecule has 0 saturated carbocycles. The lowest BCUT2D eigenvalue weighted by atomic mass is 9.44. The zero-order chi connectivity index (χ0) is 33.6. The van der Waals surface area contributed by atoms with Gasteiger partial charge in [-0.3, -0.25) is 4.57 Å². The van der Waals surface area contributed by atoms with Crippen LogP contribution in [0.3, 0.4) is 0 Å². The summed E-state index contributed by atoms with van der Waals surface area (Å²) in [7, 11) is 0. The third kappa shape index (κ3) is 3.59. The number of benzene rings is 7. The van der Waals surface area contributed by atoms with Gasteiger partial charge in [-0.05, 0) is 74.8 Å². The standard InChI is InChI=1S/C49H32N2/c1-3-16-34(17-4-1)48-38-22-9-11-24-40(38)49(35-18-5-2-6-19-35,41-25-12-10-23-39(41)48)43-32-33(30-31-42(43)48)44-26-15-29-47(50-44)51-45-27-13-7-20-36(45)37-21-8-14-28-46(37)51/h1-32H. The predicted octanol–water partition coefficient (Wildman–Crippen LogP) is 11.2. The number of pyridine rings is 1. The van der Waals surface area contributed by atoms with Crippen molar-refractivity contribution < 1.29 is 0 Å². The fourth-order valence-electron chi connectivity index (χ4n) is 9.67. The van der Waals surface area contributed by atoms with Crippen LogP contribution in [0.4, 0.5) is 0 Å². The van der Waals surface area contributed by atoms with Crippen molar-refractivity contribution in [2.45, 2.75) is 10.8 Å². The van der Waals surface area contributed by atoms with E-state index in [1.807, 2.05) is 0 Å². The maximum Gasteiger partial charge on any atom is 0.138 e. The van der Waals surface area contributed by atoms with E-state index >= 15 is 0 Å². The van der Waals surface area contributed by atoms with Crippen molar-refractivity contribution >= 4 is 21.8 Å². The molecule has 0 radical (unpaired) electrons. The monoisotopic (exact) mass is 648 g/mol. The lowest BCUT2D eigenvalue weighted by molar-refractivity contribution is 0.557. The largest absolute Gasteiger partial charge is 0.294 e. The Morgan fingerprint density at radius 3 is 1.35 bits per heavy atom. The second kappa shape index (κ2) is 10.5. The van der Waals surface area contributed by atoms with Crippen LogP contribution >= 0.6 is 0 Å². The SMILES string of the molecule is c1ccc(C23c4ccccc4C(c4ccccc4)(c4ccccc42)c2cc(-c4cccc(-n5c6ccccc6c6ccccc65)n4)ccc23)cc1. The molecule has 9 aromatic rings. The molecule has 2 aromatic heterocycles. The molecule has 0 atom stereocenters. The molecule has 2 bridgehead atoms. The molecular formula is C49H32N2. The van der Waals surface area contributed by atoms with Gasteiger partial charge in [0.1, 0.15) is 5.82 Å². The van der Waals surface area contributed by atoms with Gasteiger partial charge in [0.15, 0.2) is 0 Å². The molecule has 2 heteroatoms. The molecule has 12 rings (SSSR count).